The van der Waals surface area contributed by atoms with Gasteiger partial charge in [0.25, 0.3) is 0 Å². The van der Waals surface area contributed by atoms with Crippen molar-refractivity contribution in [2.45, 2.75) is 13.8 Å². The number of hydrogen-bond acceptors (Lipinski definition) is 4. The van der Waals surface area contributed by atoms with Crippen LogP contribution in [0.3, 0.4) is 0 Å². The second-order valence-electron chi connectivity index (χ2n) is 3.93. The van der Waals surface area contributed by atoms with Gasteiger partial charge in [0, 0.05) is 26.1 Å². The second kappa shape index (κ2) is 3.96. The minimum Gasteiger partial charge on any atom is -0.360 e. The minimum absolute atomic E-state index is 0.00123. The van der Waals surface area contributed by atoms with Crippen molar-refractivity contribution in [3.63, 3.8) is 0 Å². The largest absolute Gasteiger partial charge is 0.360 e. The van der Waals surface area contributed by atoms with E-state index in [4.69, 9.17) is 4.52 Å². The molecule has 1 saturated heterocycles. The van der Waals surface area contributed by atoms with E-state index in [0.717, 1.165) is 0 Å². The molecule has 0 unspecified atom stereocenters. The Balaban J connectivity index is 1.84. The van der Waals surface area contributed by atoms with Gasteiger partial charge in [0.05, 0.1) is 5.92 Å². The lowest BCUT2D eigenvalue weighted by atomic mass is 9.99. The lowest BCUT2D eigenvalue weighted by Crippen LogP contribution is -2.53. The van der Waals surface area contributed by atoms with Crippen LogP contribution >= 0.6 is 0 Å². The van der Waals surface area contributed by atoms with Crippen LogP contribution in [-0.2, 0) is 9.59 Å². The molecule has 1 fully saturated rings. The quantitative estimate of drug-likeness (QED) is 0.787. The predicted octanol–water partition coefficient (Wildman–Crippen LogP) is 0.400. The summed E-state index contributed by atoms with van der Waals surface area (Å²) in [6, 6.07) is 1.65. The monoisotopic (exact) mass is 223 g/mol. The second-order valence-corrected chi connectivity index (χ2v) is 3.93. The maximum absolute atomic E-state index is 11.6. The first-order chi connectivity index (χ1) is 7.56. The van der Waals surface area contributed by atoms with E-state index in [9.17, 15) is 9.59 Å². The highest BCUT2D eigenvalue weighted by molar-refractivity contribution is 5.93. The number of aromatic nitrogens is 1. The van der Waals surface area contributed by atoms with E-state index >= 15 is 0 Å². The smallest absolute Gasteiger partial charge is 0.232 e. The van der Waals surface area contributed by atoms with Crippen LogP contribution in [0.25, 0.3) is 0 Å². The molecule has 86 valence electrons. The third-order valence-corrected chi connectivity index (χ3v) is 2.58. The molecule has 2 rings (SSSR count). The van der Waals surface area contributed by atoms with E-state index in [1.807, 2.05) is 0 Å². The Morgan fingerprint density at radius 2 is 2.25 bits per heavy atom. The molecule has 0 aliphatic carbocycles. The standard InChI is InChI=1S/C10H13N3O3/c1-6-3-9(12-16-6)11-10(15)8-4-13(5-8)7(2)14/h3,8H,4-5H2,1-2H3,(H,11,12,15). The molecule has 1 aromatic rings. The average molecular weight is 223 g/mol. The van der Waals surface area contributed by atoms with Crippen LogP contribution < -0.4 is 5.32 Å². The molecule has 1 aliphatic rings. The Labute approximate surface area is 92.6 Å². The van der Waals surface area contributed by atoms with E-state index < -0.39 is 0 Å². The van der Waals surface area contributed by atoms with Crippen molar-refractivity contribution in [2.75, 3.05) is 18.4 Å². The number of nitrogens with zero attached hydrogens (tertiary/aromatic N) is 2. The molecule has 2 heterocycles. The Hall–Kier alpha value is -1.85. The summed E-state index contributed by atoms with van der Waals surface area (Å²) in [5, 5.41) is 6.31. The summed E-state index contributed by atoms with van der Waals surface area (Å²) >= 11 is 0. The van der Waals surface area contributed by atoms with Gasteiger partial charge in [0.15, 0.2) is 5.82 Å². The van der Waals surface area contributed by atoms with Crippen molar-refractivity contribution in [1.82, 2.24) is 10.1 Å². The fraction of sp³-hybridized carbons (Fsp3) is 0.500. The summed E-state index contributed by atoms with van der Waals surface area (Å²) < 4.78 is 4.83. The van der Waals surface area contributed by atoms with Crippen LogP contribution in [0, 0.1) is 12.8 Å². The fourth-order valence-corrected chi connectivity index (χ4v) is 1.56. The van der Waals surface area contributed by atoms with Crippen molar-refractivity contribution in [3.05, 3.63) is 11.8 Å². The lowest BCUT2D eigenvalue weighted by Gasteiger charge is -2.37. The zero-order chi connectivity index (χ0) is 11.7. The number of anilines is 1. The van der Waals surface area contributed by atoms with Gasteiger partial charge in [0.1, 0.15) is 5.76 Å². The molecule has 0 spiro atoms. The van der Waals surface area contributed by atoms with Gasteiger partial charge in [-0.1, -0.05) is 5.16 Å². The fourth-order valence-electron chi connectivity index (χ4n) is 1.56. The van der Waals surface area contributed by atoms with Crippen LogP contribution in [0.4, 0.5) is 5.82 Å². The SMILES string of the molecule is CC(=O)N1CC(C(=O)Nc2cc(C)on2)C1. The number of rotatable bonds is 2. The normalized spacial score (nSPS) is 15.8. The molecular formula is C10H13N3O3. The van der Waals surface area contributed by atoms with Crippen LogP contribution in [0.15, 0.2) is 10.6 Å². The zero-order valence-corrected chi connectivity index (χ0v) is 9.19. The van der Waals surface area contributed by atoms with Crippen LogP contribution in [0.5, 0.6) is 0 Å². The molecule has 1 N–H and O–H groups in total. The van der Waals surface area contributed by atoms with Gasteiger partial charge in [-0.2, -0.15) is 0 Å². The summed E-state index contributed by atoms with van der Waals surface area (Å²) in [5.41, 5.74) is 0. The predicted molar refractivity (Wildman–Crippen MR) is 55.6 cm³/mol. The maximum atomic E-state index is 11.6. The summed E-state index contributed by atoms with van der Waals surface area (Å²) in [6.45, 7) is 4.22. The van der Waals surface area contributed by atoms with Crippen LogP contribution in [0.1, 0.15) is 12.7 Å². The molecule has 6 heteroatoms. The molecular weight excluding hydrogens is 210 g/mol. The number of aryl methyl sites for hydroxylation is 1. The summed E-state index contributed by atoms with van der Waals surface area (Å²) in [4.78, 5) is 24.2. The van der Waals surface area contributed by atoms with Crippen molar-refractivity contribution >= 4 is 17.6 Å². The summed E-state index contributed by atoms with van der Waals surface area (Å²) in [7, 11) is 0. The van der Waals surface area contributed by atoms with Gasteiger partial charge < -0.3 is 14.7 Å². The van der Waals surface area contributed by atoms with Crippen LogP contribution in [0.2, 0.25) is 0 Å². The zero-order valence-electron chi connectivity index (χ0n) is 9.19. The molecule has 16 heavy (non-hydrogen) atoms. The molecule has 0 saturated carbocycles. The van der Waals surface area contributed by atoms with E-state index in [0.29, 0.717) is 24.7 Å². The van der Waals surface area contributed by atoms with Crippen molar-refractivity contribution in [2.24, 2.45) is 5.92 Å². The molecule has 1 aromatic heterocycles. The minimum atomic E-state index is -0.138. The Morgan fingerprint density at radius 3 is 2.75 bits per heavy atom. The first kappa shape index (κ1) is 10.7. The van der Waals surface area contributed by atoms with E-state index in [1.54, 1.807) is 17.9 Å². The van der Waals surface area contributed by atoms with Gasteiger partial charge in [-0.15, -0.1) is 0 Å². The van der Waals surface area contributed by atoms with Gasteiger partial charge >= 0.3 is 0 Å². The third-order valence-electron chi connectivity index (χ3n) is 2.58. The number of hydrogen-bond donors (Lipinski definition) is 1. The molecule has 6 nitrogen and oxygen atoms in total. The Kier molecular flexibility index (Phi) is 2.64. The number of carbonyl (C=O) groups excluding carboxylic acids is 2. The summed E-state index contributed by atoms with van der Waals surface area (Å²) in [6.07, 6.45) is 0. The van der Waals surface area contributed by atoms with Crippen molar-refractivity contribution in [1.29, 1.82) is 0 Å². The van der Waals surface area contributed by atoms with E-state index in [1.165, 1.54) is 6.92 Å². The van der Waals surface area contributed by atoms with E-state index in [-0.39, 0.29) is 17.7 Å². The van der Waals surface area contributed by atoms with Crippen molar-refractivity contribution < 1.29 is 14.1 Å². The van der Waals surface area contributed by atoms with Crippen LogP contribution in [-0.4, -0.2) is 35.0 Å². The molecule has 0 atom stereocenters. The molecule has 0 radical (unpaired) electrons. The number of nitrogens with one attached hydrogen (secondary N) is 1. The topological polar surface area (TPSA) is 75.4 Å². The number of amides is 2. The first-order valence-electron chi connectivity index (χ1n) is 5.06. The maximum Gasteiger partial charge on any atom is 0.232 e. The van der Waals surface area contributed by atoms with Gasteiger partial charge in [0.2, 0.25) is 11.8 Å². The Bertz CT molecular complexity index is 421. The highest BCUT2D eigenvalue weighted by Crippen LogP contribution is 2.17. The van der Waals surface area contributed by atoms with Crippen molar-refractivity contribution in [3.8, 4) is 0 Å². The Morgan fingerprint density at radius 1 is 1.56 bits per heavy atom. The highest BCUT2D eigenvalue weighted by atomic mass is 16.5. The molecule has 2 amide bonds. The lowest BCUT2D eigenvalue weighted by molar-refractivity contribution is -0.139. The van der Waals surface area contributed by atoms with Gasteiger partial charge in [-0.3, -0.25) is 9.59 Å². The molecule has 0 aromatic carbocycles. The van der Waals surface area contributed by atoms with Gasteiger partial charge in [-0.05, 0) is 6.92 Å². The first-order valence-corrected chi connectivity index (χ1v) is 5.06. The number of likely N-dealkylation sites (tertiary alicyclic amines) is 1. The third kappa shape index (κ3) is 2.05. The molecule has 0 bridgehead atoms. The highest BCUT2D eigenvalue weighted by Gasteiger charge is 2.34. The summed E-state index contributed by atoms with van der Waals surface area (Å²) in [5.74, 6) is 0.811. The molecule has 1 aliphatic heterocycles. The average Bonchev–Trinajstić information content (AvgIpc) is 2.47. The van der Waals surface area contributed by atoms with E-state index in [2.05, 4.69) is 10.5 Å². The number of carbonyl (C=O) groups is 2. The van der Waals surface area contributed by atoms with Gasteiger partial charge in [-0.25, -0.2) is 0 Å².